The summed E-state index contributed by atoms with van der Waals surface area (Å²) >= 11 is 0. The molecule has 0 saturated carbocycles. The Labute approximate surface area is 90.0 Å². The molecule has 0 aliphatic carbocycles. The zero-order valence-corrected chi connectivity index (χ0v) is 9.38. The molecule has 15 heavy (non-hydrogen) atoms. The standard InChI is InChI=1S/C11H18O4/c1-3-5-6-15-11(14)8-10(13)7-9(12)4-2/h3-8H2,1-2H3. The largest absolute Gasteiger partial charge is 0.465 e. The van der Waals surface area contributed by atoms with Crippen molar-refractivity contribution in [3.63, 3.8) is 0 Å². The smallest absolute Gasteiger partial charge is 0.313 e. The van der Waals surface area contributed by atoms with Crippen LogP contribution in [0.1, 0.15) is 46.0 Å². The van der Waals surface area contributed by atoms with Crippen molar-refractivity contribution < 1.29 is 19.1 Å². The highest BCUT2D eigenvalue weighted by Gasteiger charge is 2.13. The molecule has 4 heteroatoms. The highest BCUT2D eigenvalue weighted by molar-refractivity contribution is 6.05. The van der Waals surface area contributed by atoms with Gasteiger partial charge in [0.2, 0.25) is 0 Å². The van der Waals surface area contributed by atoms with E-state index in [0.717, 1.165) is 12.8 Å². The van der Waals surface area contributed by atoms with Gasteiger partial charge in [-0.3, -0.25) is 14.4 Å². The van der Waals surface area contributed by atoms with E-state index in [4.69, 9.17) is 4.74 Å². The van der Waals surface area contributed by atoms with Gasteiger partial charge in [-0.25, -0.2) is 0 Å². The van der Waals surface area contributed by atoms with Gasteiger partial charge >= 0.3 is 5.97 Å². The highest BCUT2D eigenvalue weighted by Crippen LogP contribution is 1.98. The molecule has 4 nitrogen and oxygen atoms in total. The van der Waals surface area contributed by atoms with Gasteiger partial charge in [0.05, 0.1) is 13.0 Å². The van der Waals surface area contributed by atoms with Gasteiger partial charge in [-0.05, 0) is 6.42 Å². The number of ether oxygens (including phenoxy) is 1. The Kier molecular flexibility index (Phi) is 7.50. The molecular weight excluding hydrogens is 196 g/mol. The normalized spacial score (nSPS) is 9.73. The van der Waals surface area contributed by atoms with Gasteiger partial charge in [0.25, 0.3) is 0 Å². The van der Waals surface area contributed by atoms with E-state index < -0.39 is 5.97 Å². The van der Waals surface area contributed by atoms with Crippen molar-refractivity contribution >= 4 is 17.5 Å². The summed E-state index contributed by atoms with van der Waals surface area (Å²) in [7, 11) is 0. The third kappa shape index (κ3) is 7.85. The molecule has 0 bridgehead atoms. The second-order valence-corrected chi connectivity index (χ2v) is 3.36. The van der Waals surface area contributed by atoms with Gasteiger partial charge in [0.1, 0.15) is 12.2 Å². The molecule has 0 amide bonds. The van der Waals surface area contributed by atoms with E-state index in [9.17, 15) is 14.4 Å². The molecule has 0 aromatic heterocycles. The SMILES string of the molecule is CCCCOC(=O)CC(=O)CC(=O)CC. The van der Waals surface area contributed by atoms with Crippen molar-refractivity contribution in [2.24, 2.45) is 0 Å². The van der Waals surface area contributed by atoms with E-state index in [1.54, 1.807) is 6.92 Å². The summed E-state index contributed by atoms with van der Waals surface area (Å²) in [5.74, 6) is -1.03. The van der Waals surface area contributed by atoms with Crippen molar-refractivity contribution in [1.29, 1.82) is 0 Å². The summed E-state index contributed by atoms with van der Waals surface area (Å²) in [6.07, 6.45) is 1.63. The van der Waals surface area contributed by atoms with Crippen LogP contribution >= 0.6 is 0 Å². The average molecular weight is 214 g/mol. The third-order valence-corrected chi connectivity index (χ3v) is 1.89. The lowest BCUT2D eigenvalue weighted by Gasteiger charge is -2.02. The topological polar surface area (TPSA) is 60.4 Å². The first-order valence-electron chi connectivity index (χ1n) is 5.29. The van der Waals surface area contributed by atoms with Crippen molar-refractivity contribution in [1.82, 2.24) is 0 Å². The van der Waals surface area contributed by atoms with Gasteiger partial charge < -0.3 is 4.74 Å². The lowest BCUT2D eigenvalue weighted by atomic mass is 10.1. The Morgan fingerprint density at radius 3 is 2.20 bits per heavy atom. The number of unbranched alkanes of at least 4 members (excludes halogenated alkanes) is 1. The van der Waals surface area contributed by atoms with Gasteiger partial charge in [-0.1, -0.05) is 20.3 Å². The van der Waals surface area contributed by atoms with E-state index >= 15 is 0 Å². The van der Waals surface area contributed by atoms with Crippen LogP contribution in [0.3, 0.4) is 0 Å². The van der Waals surface area contributed by atoms with E-state index in [2.05, 4.69) is 0 Å². The number of ketones is 2. The average Bonchev–Trinajstić information content (AvgIpc) is 2.17. The Hall–Kier alpha value is -1.19. The van der Waals surface area contributed by atoms with Gasteiger partial charge in [0, 0.05) is 6.42 Å². The minimum atomic E-state index is -0.530. The fourth-order valence-electron chi connectivity index (χ4n) is 0.950. The molecular formula is C11H18O4. The summed E-state index contributed by atoms with van der Waals surface area (Å²) in [5.41, 5.74) is 0. The molecule has 0 radical (unpaired) electrons. The van der Waals surface area contributed by atoms with Crippen LogP contribution in [0, 0.1) is 0 Å². The lowest BCUT2D eigenvalue weighted by Crippen LogP contribution is -2.14. The second kappa shape index (κ2) is 8.15. The quantitative estimate of drug-likeness (QED) is 0.350. The maximum absolute atomic E-state index is 11.1. The molecule has 0 aromatic rings. The number of rotatable bonds is 8. The van der Waals surface area contributed by atoms with Crippen LogP contribution in [0.2, 0.25) is 0 Å². The van der Waals surface area contributed by atoms with Crippen LogP contribution in [-0.2, 0) is 19.1 Å². The highest BCUT2D eigenvalue weighted by atomic mass is 16.5. The Balaban J connectivity index is 3.67. The van der Waals surface area contributed by atoms with Crippen molar-refractivity contribution in [2.45, 2.75) is 46.0 Å². The minimum Gasteiger partial charge on any atom is -0.465 e. The first-order chi connectivity index (χ1) is 7.10. The first-order valence-corrected chi connectivity index (χ1v) is 5.29. The lowest BCUT2D eigenvalue weighted by molar-refractivity contribution is -0.146. The predicted octanol–water partition coefficient (Wildman–Crippen LogP) is 1.66. The Bertz CT molecular complexity index is 233. The fourth-order valence-corrected chi connectivity index (χ4v) is 0.950. The summed E-state index contributed by atoms with van der Waals surface area (Å²) in [6, 6.07) is 0. The molecule has 0 aliphatic heterocycles. The predicted molar refractivity (Wildman–Crippen MR) is 55.4 cm³/mol. The van der Waals surface area contributed by atoms with Crippen molar-refractivity contribution in [3.05, 3.63) is 0 Å². The number of hydrogen-bond acceptors (Lipinski definition) is 4. The number of Topliss-reactive ketones (excluding diaryl/α,β-unsaturated/α-hetero) is 2. The van der Waals surface area contributed by atoms with Crippen LogP contribution < -0.4 is 0 Å². The molecule has 0 spiro atoms. The molecule has 86 valence electrons. The molecule has 0 N–H and O–H groups in total. The summed E-state index contributed by atoms with van der Waals surface area (Å²) < 4.78 is 4.80. The van der Waals surface area contributed by atoms with E-state index in [1.807, 2.05) is 6.92 Å². The maximum Gasteiger partial charge on any atom is 0.313 e. The van der Waals surface area contributed by atoms with Crippen LogP contribution in [-0.4, -0.2) is 24.1 Å². The number of carbonyl (C=O) groups excluding carboxylic acids is 3. The molecule has 0 heterocycles. The number of esters is 1. The molecule has 0 unspecified atom stereocenters. The number of hydrogen-bond donors (Lipinski definition) is 0. The van der Waals surface area contributed by atoms with Crippen LogP contribution in [0.25, 0.3) is 0 Å². The molecule has 0 aliphatic rings. The van der Waals surface area contributed by atoms with Gasteiger partial charge in [-0.2, -0.15) is 0 Å². The second-order valence-electron chi connectivity index (χ2n) is 3.36. The maximum atomic E-state index is 11.1. The molecule has 0 rings (SSSR count). The van der Waals surface area contributed by atoms with Crippen LogP contribution in [0.5, 0.6) is 0 Å². The minimum absolute atomic E-state index is 0.138. The zero-order valence-electron chi connectivity index (χ0n) is 9.38. The fraction of sp³-hybridized carbons (Fsp3) is 0.727. The molecule has 0 aromatic carbocycles. The summed E-state index contributed by atoms with van der Waals surface area (Å²) in [4.78, 5) is 33.1. The molecule has 0 atom stereocenters. The van der Waals surface area contributed by atoms with E-state index in [0.29, 0.717) is 13.0 Å². The molecule has 0 saturated heterocycles. The monoisotopic (exact) mass is 214 g/mol. The number of carbonyl (C=O) groups is 3. The third-order valence-electron chi connectivity index (χ3n) is 1.89. The Morgan fingerprint density at radius 1 is 1.00 bits per heavy atom. The molecule has 0 fully saturated rings. The zero-order chi connectivity index (χ0) is 11.7. The van der Waals surface area contributed by atoms with E-state index in [-0.39, 0.29) is 24.4 Å². The van der Waals surface area contributed by atoms with Crippen molar-refractivity contribution in [2.75, 3.05) is 6.61 Å². The summed E-state index contributed by atoms with van der Waals surface area (Å²) in [6.45, 7) is 4.03. The van der Waals surface area contributed by atoms with Crippen LogP contribution in [0.4, 0.5) is 0 Å². The van der Waals surface area contributed by atoms with E-state index in [1.165, 1.54) is 0 Å². The van der Waals surface area contributed by atoms with Gasteiger partial charge in [-0.15, -0.1) is 0 Å². The first kappa shape index (κ1) is 13.8. The van der Waals surface area contributed by atoms with Gasteiger partial charge in [0.15, 0.2) is 5.78 Å². The van der Waals surface area contributed by atoms with Crippen molar-refractivity contribution in [3.8, 4) is 0 Å². The Morgan fingerprint density at radius 2 is 1.67 bits per heavy atom. The van der Waals surface area contributed by atoms with Crippen LogP contribution in [0.15, 0.2) is 0 Å². The summed E-state index contributed by atoms with van der Waals surface area (Å²) in [5, 5.41) is 0.